The van der Waals surface area contributed by atoms with Crippen LogP contribution in [0.4, 0.5) is 14.9 Å². The SMILES string of the molecule is CCOc1ccc(NC(=O)C[N+]2=C3C=CSC3C(=O)N(Cc3ccc(F)cc3)C2=O)cc1. The first-order valence-corrected chi connectivity index (χ1v) is 11.0. The van der Waals surface area contributed by atoms with Crippen molar-refractivity contribution in [3.8, 4) is 5.75 Å². The first-order chi connectivity index (χ1) is 15.5. The summed E-state index contributed by atoms with van der Waals surface area (Å²) in [5, 5.41) is 3.91. The number of urea groups is 1. The fourth-order valence-electron chi connectivity index (χ4n) is 3.47. The summed E-state index contributed by atoms with van der Waals surface area (Å²) in [5.74, 6) is -0.454. The number of nitrogens with zero attached hydrogens (tertiary/aromatic N) is 2. The summed E-state index contributed by atoms with van der Waals surface area (Å²) in [6.07, 6.45) is 1.69. The Kier molecular flexibility index (Phi) is 6.36. The minimum atomic E-state index is -0.591. The molecule has 0 radical (unpaired) electrons. The second-order valence-corrected chi connectivity index (χ2v) is 8.18. The molecule has 1 atom stereocenters. The van der Waals surface area contributed by atoms with E-state index in [1.807, 2.05) is 6.92 Å². The fraction of sp³-hybridized carbons (Fsp3) is 0.217. The minimum absolute atomic E-state index is 0.000698. The van der Waals surface area contributed by atoms with Crippen LogP contribution in [0.25, 0.3) is 0 Å². The highest BCUT2D eigenvalue weighted by molar-refractivity contribution is 8.04. The third-order valence-electron chi connectivity index (χ3n) is 4.99. The van der Waals surface area contributed by atoms with Crippen molar-refractivity contribution < 1.29 is 28.1 Å². The Morgan fingerprint density at radius 1 is 1.16 bits per heavy atom. The lowest BCUT2D eigenvalue weighted by Crippen LogP contribution is -2.55. The lowest BCUT2D eigenvalue weighted by molar-refractivity contribution is -0.426. The number of thioether (sulfide) groups is 1. The number of hydrogen-bond acceptors (Lipinski definition) is 5. The van der Waals surface area contributed by atoms with Gasteiger partial charge in [0.15, 0.2) is 11.8 Å². The maximum atomic E-state index is 13.2. The Bertz CT molecular complexity index is 1110. The lowest BCUT2D eigenvalue weighted by Gasteiger charge is -2.24. The molecule has 2 aliphatic heterocycles. The zero-order valence-corrected chi connectivity index (χ0v) is 18.1. The molecule has 4 rings (SSSR count). The summed E-state index contributed by atoms with van der Waals surface area (Å²) < 4.78 is 19.9. The predicted molar refractivity (Wildman–Crippen MR) is 119 cm³/mol. The monoisotopic (exact) mass is 454 g/mol. The van der Waals surface area contributed by atoms with Crippen LogP contribution in [0.2, 0.25) is 0 Å². The second kappa shape index (κ2) is 9.35. The van der Waals surface area contributed by atoms with E-state index in [0.29, 0.717) is 29.3 Å². The number of carbonyl (C=O) groups is 3. The van der Waals surface area contributed by atoms with Gasteiger partial charge in [-0.1, -0.05) is 12.1 Å². The Morgan fingerprint density at radius 3 is 2.56 bits per heavy atom. The molecule has 0 saturated carbocycles. The number of hydrogen-bond donors (Lipinski definition) is 1. The molecule has 0 aromatic heterocycles. The van der Waals surface area contributed by atoms with E-state index in [1.165, 1.54) is 40.6 Å². The van der Waals surface area contributed by atoms with Gasteiger partial charge in [-0.15, -0.1) is 11.8 Å². The van der Waals surface area contributed by atoms with E-state index in [-0.39, 0.29) is 19.0 Å². The van der Waals surface area contributed by atoms with Crippen LogP contribution in [0.15, 0.2) is 60.0 Å². The standard InChI is InChI=1S/C23H20FN3O4S/c1-2-31-18-9-7-17(8-10-18)25-20(28)14-26-19-11-12-32-21(19)22(29)27(23(26)30)13-15-3-5-16(24)6-4-15/h3-12,21H,2,13-14H2,1H3/p+1. The number of halogens is 1. The number of carbonyl (C=O) groups excluding carboxylic acids is 3. The van der Waals surface area contributed by atoms with E-state index in [4.69, 9.17) is 4.74 Å². The molecule has 1 unspecified atom stereocenters. The van der Waals surface area contributed by atoms with Crippen LogP contribution in [0.3, 0.4) is 0 Å². The van der Waals surface area contributed by atoms with Gasteiger partial charge in [-0.2, -0.15) is 14.3 Å². The summed E-state index contributed by atoms with van der Waals surface area (Å²) in [6.45, 7) is 2.19. The molecule has 164 valence electrons. The number of benzene rings is 2. The summed E-state index contributed by atoms with van der Waals surface area (Å²) in [6, 6.07) is 11.9. The van der Waals surface area contributed by atoms with Crippen LogP contribution in [-0.4, -0.2) is 51.4 Å². The zero-order chi connectivity index (χ0) is 22.7. The molecule has 1 N–H and O–H groups in total. The average Bonchev–Trinajstić information content (AvgIpc) is 3.27. The molecule has 9 heteroatoms. The van der Waals surface area contributed by atoms with Gasteiger partial charge in [0, 0.05) is 5.69 Å². The van der Waals surface area contributed by atoms with Crippen molar-refractivity contribution in [2.24, 2.45) is 0 Å². The van der Waals surface area contributed by atoms with Gasteiger partial charge < -0.3 is 10.1 Å². The van der Waals surface area contributed by atoms with Gasteiger partial charge in [-0.05, 0) is 60.4 Å². The summed E-state index contributed by atoms with van der Waals surface area (Å²) in [4.78, 5) is 39.8. The quantitative estimate of drug-likeness (QED) is 0.649. The van der Waals surface area contributed by atoms with Gasteiger partial charge in [0.25, 0.3) is 5.91 Å². The summed E-state index contributed by atoms with van der Waals surface area (Å²) in [7, 11) is 0. The highest BCUT2D eigenvalue weighted by Crippen LogP contribution is 2.28. The van der Waals surface area contributed by atoms with E-state index < -0.39 is 23.0 Å². The molecule has 2 aromatic carbocycles. The first kappa shape index (κ1) is 21.8. The van der Waals surface area contributed by atoms with Gasteiger partial charge in [-0.3, -0.25) is 4.79 Å². The van der Waals surface area contributed by atoms with Gasteiger partial charge >= 0.3 is 11.9 Å². The molecule has 2 heterocycles. The minimum Gasteiger partial charge on any atom is -0.494 e. The van der Waals surface area contributed by atoms with Gasteiger partial charge in [0.1, 0.15) is 23.8 Å². The van der Waals surface area contributed by atoms with Gasteiger partial charge in [-0.25, -0.2) is 9.18 Å². The average molecular weight is 455 g/mol. The van der Waals surface area contributed by atoms with Crippen molar-refractivity contribution in [1.29, 1.82) is 0 Å². The lowest BCUT2D eigenvalue weighted by atomic mass is 10.1. The molecule has 7 nitrogen and oxygen atoms in total. The van der Waals surface area contributed by atoms with E-state index >= 15 is 0 Å². The van der Waals surface area contributed by atoms with Gasteiger partial charge in [0.2, 0.25) is 0 Å². The normalized spacial score (nSPS) is 17.6. The molecule has 0 spiro atoms. The van der Waals surface area contributed by atoms with E-state index in [9.17, 15) is 18.8 Å². The topological polar surface area (TPSA) is 78.7 Å². The van der Waals surface area contributed by atoms with Crippen molar-refractivity contribution in [1.82, 2.24) is 4.90 Å². The molecule has 4 amide bonds. The van der Waals surface area contributed by atoms with Gasteiger partial charge in [0.05, 0.1) is 6.61 Å². The number of ether oxygens (including phenoxy) is 1. The molecule has 2 aliphatic rings. The first-order valence-electron chi connectivity index (χ1n) is 10.0. The highest BCUT2D eigenvalue weighted by atomic mass is 32.2. The molecule has 0 fully saturated rings. The second-order valence-electron chi connectivity index (χ2n) is 7.17. The van der Waals surface area contributed by atoms with Crippen LogP contribution < -0.4 is 10.1 Å². The van der Waals surface area contributed by atoms with Crippen molar-refractivity contribution >= 4 is 41.0 Å². The van der Waals surface area contributed by atoms with Crippen molar-refractivity contribution in [3.05, 3.63) is 71.4 Å². The molecule has 32 heavy (non-hydrogen) atoms. The predicted octanol–water partition coefficient (Wildman–Crippen LogP) is 3.41. The molecular weight excluding hydrogens is 433 g/mol. The number of nitrogens with one attached hydrogen (secondary N) is 1. The third kappa shape index (κ3) is 4.57. The van der Waals surface area contributed by atoms with Crippen LogP contribution in [0.1, 0.15) is 12.5 Å². The third-order valence-corrected chi connectivity index (χ3v) is 6.00. The number of rotatable bonds is 7. The molecule has 0 aliphatic carbocycles. The van der Waals surface area contributed by atoms with Crippen LogP contribution in [0, 0.1) is 5.82 Å². The Labute approximate surface area is 188 Å². The Balaban J connectivity index is 1.51. The van der Waals surface area contributed by atoms with Crippen molar-refractivity contribution in [2.75, 3.05) is 18.5 Å². The molecule has 0 bridgehead atoms. The number of allylic oxidation sites excluding steroid dienone is 1. The largest absolute Gasteiger partial charge is 0.501 e. The van der Waals surface area contributed by atoms with Crippen LogP contribution >= 0.6 is 11.8 Å². The maximum Gasteiger partial charge on any atom is 0.501 e. The Hall–Kier alpha value is -3.46. The Morgan fingerprint density at radius 2 is 1.88 bits per heavy atom. The van der Waals surface area contributed by atoms with Crippen molar-refractivity contribution in [3.63, 3.8) is 0 Å². The number of amides is 4. The summed E-state index contributed by atoms with van der Waals surface area (Å²) >= 11 is 1.29. The van der Waals surface area contributed by atoms with E-state index in [1.54, 1.807) is 35.7 Å². The number of fused-ring (bicyclic) bond motifs is 1. The maximum absolute atomic E-state index is 13.2. The number of imide groups is 1. The molecule has 0 saturated heterocycles. The molecular formula is C23H21FN3O4S+. The van der Waals surface area contributed by atoms with E-state index in [2.05, 4.69) is 5.32 Å². The summed E-state index contributed by atoms with van der Waals surface area (Å²) in [5.41, 5.74) is 1.67. The zero-order valence-electron chi connectivity index (χ0n) is 17.3. The number of anilines is 1. The molecule has 2 aromatic rings. The van der Waals surface area contributed by atoms with Crippen LogP contribution in [0.5, 0.6) is 5.75 Å². The van der Waals surface area contributed by atoms with E-state index in [0.717, 1.165) is 4.90 Å². The fourth-order valence-corrected chi connectivity index (χ4v) is 4.44. The van der Waals surface area contributed by atoms with Crippen molar-refractivity contribution in [2.45, 2.75) is 18.7 Å². The smallest absolute Gasteiger partial charge is 0.494 e. The highest BCUT2D eigenvalue weighted by Gasteiger charge is 2.49. The van der Waals surface area contributed by atoms with Crippen LogP contribution in [-0.2, 0) is 16.1 Å².